The molecule has 0 amide bonds. The summed E-state index contributed by atoms with van der Waals surface area (Å²) in [6, 6.07) is 0. The summed E-state index contributed by atoms with van der Waals surface area (Å²) in [4.78, 5) is 4.36. The first-order chi connectivity index (χ1) is 4.93. The topological polar surface area (TPSA) is 12.4 Å². The summed E-state index contributed by atoms with van der Waals surface area (Å²) in [5.41, 5.74) is 0. The largest absolute Gasteiger partial charge is 0.272 e. The van der Waals surface area contributed by atoms with Crippen molar-refractivity contribution in [1.29, 1.82) is 0 Å². The lowest BCUT2D eigenvalue weighted by molar-refractivity contribution is 0.942. The van der Waals surface area contributed by atoms with E-state index in [1.807, 2.05) is 17.8 Å². The fourth-order valence-corrected chi connectivity index (χ4v) is 2.52. The van der Waals surface area contributed by atoms with Crippen molar-refractivity contribution in [2.24, 2.45) is 4.99 Å². The van der Waals surface area contributed by atoms with Crippen LogP contribution in [0.1, 0.15) is 6.42 Å². The SMILES string of the molecule is C=CCSC1=NCCCS1. The first-order valence-corrected chi connectivity index (χ1v) is 5.31. The van der Waals surface area contributed by atoms with Crippen molar-refractivity contribution in [1.82, 2.24) is 0 Å². The van der Waals surface area contributed by atoms with Crippen LogP contribution in [0.15, 0.2) is 17.6 Å². The summed E-state index contributed by atoms with van der Waals surface area (Å²) in [6.07, 6.45) is 3.16. The lowest BCUT2D eigenvalue weighted by atomic mass is 10.5. The van der Waals surface area contributed by atoms with E-state index in [2.05, 4.69) is 11.6 Å². The zero-order valence-electron chi connectivity index (χ0n) is 5.88. The lowest BCUT2D eigenvalue weighted by Gasteiger charge is -2.08. The van der Waals surface area contributed by atoms with E-state index in [1.165, 1.54) is 16.5 Å². The van der Waals surface area contributed by atoms with Gasteiger partial charge in [0, 0.05) is 18.1 Å². The van der Waals surface area contributed by atoms with Gasteiger partial charge in [0.05, 0.1) is 0 Å². The molecule has 1 nitrogen and oxygen atoms in total. The molecule has 0 bridgehead atoms. The highest BCUT2D eigenvalue weighted by atomic mass is 32.2. The Balaban J connectivity index is 2.24. The van der Waals surface area contributed by atoms with Crippen LogP contribution in [-0.2, 0) is 0 Å². The fourth-order valence-electron chi connectivity index (χ4n) is 0.658. The van der Waals surface area contributed by atoms with E-state index in [0.29, 0.717) is 0 Å². The van der Waals surface area contributed by atoms with Gasteiger partial charge in [0.2, 0.25) is 0 Å². The second kappa shape index (κ2) is 4.85. The van der Waals surface area contributed by atoms with Crippen molar-refractivity contribution in [3.05, 3.63) is 12.7 Å². The van der Waals surface area contributed by atoms with Gasteiger partial charge in [0.15, 0.2) is 0 Å². The molecule has 0 aromatic carbocycles. The van der Waals surface area contributed by atoms with Crippen molar-refractivity contribution in [2.45, 2.75) is 6.42 Å². The summed E-state index contributed by atoms with van der Waals surface area (Å²) >= 11 is 3.66. The average Bonchev–Trinajstić information content (AvgIpc) is 2.03. The Morgan fingerprint density at radius 2 is 2.70 bits per heavy atom. The van der Waals surface area contributed by atoms with Gasteiger partial charge in [-0.3, -0.25) is 4.99 Å². The van der Waals surface area contributed by atoms with Crippen LogP contribution < -0.4 is 0 Å². The number of thioether (sulfide) groups is 2. The molecule has 1 heterocycles. The zero-order chi connectivity index (χ0) is 7.23. The summed E-state index contributed by atoms with van der Waals surface area (Å²) in [6.45, 7) is 4.68. The monoisotopic (exact) mass is 173 g/mol. The van der Waals surface area contributed by atoms with Crippen LogP contribution in [0.3, 0.4) is 0 Å². The number of rotatable bonds is 2. The van der Waals surface area contributed by atoms with Crippen LogP contribution >= 0.6 is 23.5 Å². The second-order valence-electron chi connectivity index (χ2n) is 1.95. The van der Waals surface area contributed by atoms with Crippen molar-refractivity contribution < 1.29 is 0 Å². The predicted molar refractivity (Wildman–Crippen MR) is 52.0 cm³/mol. The smallest absolute Gasteiger partial charge is 0.124 e. The maximum Gasteiger partial charge on any atom is 0.124 e. The van der Waals surface area contributed by atoms with Gasteiger partial charge in [-0.1, -0.05) is 29.6 Å². The molecule has 56 valence electrons. The van der Waals surface area contributed by atoms with Crippen molar-refractivity contribution in [3.8, 4) is 0 Å². The summed E-state index contributed by atoms with van der Waals surface area (Å²) in [7, 11) is 0. The minimum atomic E-state index is 0.992. The minimum Gasteiger partial charge on any atom is -0.272 e. The summed E-state index contributed by atoms with van der Waals surface area (Å²) in [5, 5.41) is 0. The molecule has 3 heteroatoms. The van der Waals surface area contributed by atoms with Gasteiger partial charge in [-0.2, -0.15) is 0 Å². The molecule has 0 saturated carbocycles. The summed E-state index contributed by atoms with van der Waals surface area (Å²) < 4.78 is 1.24. The van der Waals surface area contributed by atoms with Crippen LogP contribution in [0.4, 0.5) is 0 Å². The fraction of sp³-hybridized carbons (Fsp3) is 0.571. The van der Waals surface area contributed by atoms with E-state index in [9.17, 15) is 0 Å². The summed E-state index contributed by atoms with van der Waals surface area (Å²) in [5.74, 6) is 2.23. The molecule has 1 rings (SSSR count). The van der Waals surface area contributed by atoms with Crippen LogP contribution in [0, 0.1) is 0 Å². The number of hydrogen-bond donors (Lipinski definition) is 0. The highest BCUT2D eigenvalue weighted by Crippen LogP contribution is 2.21. The van der Waals surface area contributed by atoms with Crippen LogP contribution in [0.25, 0.3) is 0 Å². The Hall–Kier alpha value is 0.110. The molecular formula is C7H11NS2. The zero-order valence-corrected chi connectivity index (χ0v) is 7.51. The predicted octanol–water partition coefficient (Wildman–Crippen LogP) is 2.40. The van der Waals surface area contributed by atoms with Gasteiger partial charge in [-0.05, 0) is 6.42 Å². The molecule has 0 aromatic rings. The van der Waals surface area contributed by atoms with Crippen molar-refractivity contribution in [3.63, 3.8) is 0 Å². The third-order valence-electron chi connectivity index (χ3n) is 1.09. The van der Waals surface area contributed by atoms with Crippen molar-refractivity contribution in [2.75, 3.05) is 18.1 Å². The number of hydrogen-bond acceptors (Lipinski definition) is 3. The van der Waals surface area contributed by atoms with Gasteiger partial charge in [-0.25, -0.2) is 0 Å². The first kappa shape index (κ1) is 8.21. The van der Waals surface area contributed by atoms with E-state index in [1.54, 1.807) is 11.8 Å². The number of aliphatic imine (C=N–C) groups is 1. The molecule has 10 heavy (non-hydrogen) atoms. The Kier molecular flexibility index (Phi) is 3.98. The van der Waals surface area contributed by atoms with Crippen LogP contribution in [0.5, 0.6) is 0 Å². The first-order valence-electron chi connectivity index (χ1n) is 3.34. The highest BCUT2D eigenvalue weighted by molar-refractivity contribution is 8.39. The van der Waals surface area contributed by atoms with E-state index in [0.717, 1.165) is 12.3 Å². The molecule has 0 fully saturated rings. The third kappa shape index (κ3) is 2.80. The Morgan fingerprint density at radius 1 is 1.80 bits per heavy atom. The molecule has 0 aliphatic carbocycles. The maximum atomic E-state index is 4.36. The molecule has 0 saturated heterocycles. The average molecular weight is 173 g/mol. The van der Waals surface area contributed by atoms with Gasteiger partial charge in [0.1, 0.15) is 4.38 Å². The van der Waals surface area contributed by atoms with E-state index in [-0.39, 0.29) is 0 Å². The van der Waals surface area contributed by atoms with Crippen LogP contribution in [0.2, 0.25) is 0 Å². The Bertz CT molecular complexity index is 143. The quantitative estimate of drug-likeness (QED) is 0.594. The molecule has 0 radical (unpaired) electrons. The molecule has 0 spiro atoms. The van der Waals surface area contributed by atoms with E-state index in [4.69, 9.17) is 0 Å². The Labute approximate surface area is 70.4 Å². The second-order valence-corrected chi connectivity index (χ2v) is 4.30. The van der Waals surface area contributed by atoms with E-state index < -0.39 is 0 Å². The normalized spacial score (nSPS) is 18.2. The standard InChI is InChI=1S/C7H11NS2/c1-2-5-9-7-8-4-3-6-10-7/h2H,1,3-6H2. The molecule has 1 aliphatic rings. The molecule has 0 unspecified atom stereocenters. The van der Waals surface area contributed by atoms with Crippen LogP contribution in [-0.4, -0.2) is 22.4 Å². The molecule has 0 atom stereocenters. The van der Waals surface area contributed by atoms with Gasteiger partial charge in [0.25, 0.3) is 0 Å². The van der Waals surface area contributed by atoms with Crippen molar-refractivity contribution >= 4 is 27.9 Å². The molecular weight excluding hydrogens is 162 g/mol. The van der Waals surface area contributed by atoms with Gasteiger partial charge < -0.3 is 0 Å². The Morgan fingerprint density at radius 3 is 3.30 bits per heavy atom. The third-order valence-corrected chi connectivity index (χ3v) is 3.45. The maximum absolute atomic E-state index is 4.36. The molecule has 0 N–H and O–H groups in total. The lowest BCUT2D eigenvalue weighted by Crippen LogP contribution is -1.99. The molecule has 0 aromatic heterocycles. The minimum absolute atomic E-state index is 0.992. The van der Waals surface area contributed by atoms with Gasteiger partial charge >= 0.3 is 0 Å². The highest BCUT2D eigenvalue weighted by Gasteiger charge is 2.03. The molecule has 1 aliphatic heterocycles. The van der Waals surface area contributed by atoms with E-state index >= 15 is 0 Å². The number of nitrogens with zero attached hydrogens (tertiary/aromatic N) is 1. The van der Waals surface area contributed by atoms with Gasteiger partial charge in [-0.15, -0.1) is 6.58 Å².